The summed E-state index contributed by atoms with van der Waals surface area (Å²) in [5, 5.41) is 5.96. The maximum atomic E-state index is 12.6. The molecule has 0 saturated carbocycles. The van der Waals surface area contributed by atoms with Crippen LogP contribution in [0.4, 0.5) is 5.69 Å². The Balaban J connectivity index is 1.43. The third-order valence-corrected chi connectivity index (χ3v) is 4.75. The minimum Gasteiger partial charge on any atom is -0.486 e. The molecule has 3 aromatic rings. The molecule has 7 nitrogen and oxygen atoms in total. The highest BCUT2D eigenvalue weighted by Crippen LogP contribution is 2.38. The zero-order valence-electron chi connectivity index (χ0n) is 15.9. The number of fused-ring (bicyclic) bond motifs is 1. The molecule has 2 heterocycles. The van der Waals surface area contributed by atoms with Crippen LogP contribution in [0.3, 0.4) is 0 Å². The lowest BCUT2D eigenvalue weighted by Gasteiger charge is -2.20. The molecule has 2 amide bonds. The summed E-state index contributed by atoms with van der Waals surface area (Å²) in [7, 11) is 0. The Labute approximate surface area is 177 Å². The summed E-state index contributed by atoms with van der Waals surface area (Å²) in [5.74, 6) is 1.05. The summed E-state index contributed by atoms with van der Waals surface area (Å²) in [6.45, 7) is 1.12. The fourth-order valence-corrected chi connectivity index (χ4v) is 3.40. The van der Waals surface area contributed by atoms with Gasteiger partial charge in [-0.2, -0.15) is 0 Å². The van der Waals surface area contributed by atoms with Gasteiger partial charge in [-0.25, -0.2) is 0 Å². The zero-order chi connectivity index (χ0) is 20.9. The van der Waals surface area contributed by atoms with Crippen molar-refractivity contribution in [2.75, 3.05) is 18.5 Å². The van der Waals surface area contributed by atoms with Crippen molar-refractivity contribution in [3.8, 4) is 11.5 Å². The van der Waals surface area contributed by atoms with Crippen molar-refractivity contribution in [1.29, 1.82) is 0 Å². The number of halogens is 1. The van der Waals surface area contributed by atoms with E-state index in [-0.39, 0.29) is 24.8 Å². The number of furan rings is 1. The monoisotopic (exact) mass is 426 g/mol. The fourth-order valence-electron chi connectivity index (χ4n) is 3.11. The lowest BCUT2D eigenvalue weighted by Crippen LogP contribution is -2.25. The minimum absolute atomic E-state index is 0.0682. The van der Waals surface area contributed by atoms with E-state index in [2.05, 4.69) is 10.6 Å². The molecule has 0 fully saturated rings. The lowest BCUT2D eigenvalue weighted by molar-refractivity contribution is -0.115. The van der Waals surface area contributed by atoms with Crippen LogP contribution in [0.15, 0.2) is 59.2 Å². The molecule has 0 radical (unpaired) electrons. The van der Waals surface area contributed by atoms with Crippen LogP contribution in [-0.4, -0.2) is 25.0 Å². The Morgan fingerprint density at radius 1 is 1.03 bits per heavy atom. The highest BCUT2D eigenvalue weighted by atomic mass is 35.5. The summed E-state index contributed by atoms with van der Waals surface area (Å²) in [4.78, 5) is 25.2. The summed E-state index contributed by atoms with van der Waals surface area (Å²) >= 11 is 6.24. The molecule has 1 aromatic heterocycles. The first-order chi connectivity index (χ1) is 14.6. The van der Waals surface area contributed by atoms with Gasteiger partial charge in [0, 0.05) is 0 Å². The first-order valence-electron chi connectivity index (χ1n) is 9.37. The molecule has 1 aliphatic heterocycles. The van der Waals surface area contributed by atoms with Gasteiger partial charge in [-0.3, -0.25) is 9.59 Å². The number of rotatable bonds is 6. The molecule has 0 aliphatic carbocycles. The maximum absolute atomic E-state index is 12.6. The van der Waals surface area contributed by atoms with E-state index in [9.17, 15) is 9.59 Å². The molecule has 4 rings (SSSR count). The largest absolute Gasteiger partial charge is 0.486 e. The number of hydrogen-bond donors (Lipinski definition) is 2. The van der Waals surface area contributed by atoms with Crippen LogP contribution in [0, 0.1) is 0 Å². The van der Waals surface area contributed by atoms with Gasteiger partial charge in [0.15, 0.2) is 11.5 Å². The number of nitrogens with one attached hydrogen (secondary N) is 2. The fraction of sp³-hybridized carbons (Fsp3) is 0.182. The standard InChI is InChI=1S/C22H19ClN2O5/c23-17-10-14(11-19-21(17)30-9-8-29-19)12-20(26)25-18-6-2-1-5-16(18)22(27)24-13-15-4-3-7-28-15/h1-7,10-11H,8-9,12-13H2,(H,24,27)(H,25,26). The van der Waals surface area contributed by atoms with Crippen molar-refractivity contribution < 1.29 is 23.5 Å². The number of para-hydroxylation sites is 1. The van der Waals surface area contributed by atoms with E-state index in [1.54, 1.807) is 54.8 Å². The SMILES string of the molecule is O=C(Cc1cc(Cl)c2c(c1)OCCO2)Nc1ccccc1C(=O)NCc1ccco1. The van der Waals surface area contributed by atoms with Gasteiger partial charge in [0.2, 0.25) is 5.91 Å². The van der Waals surface area contributed by atoms with Crippen molar-refractivity contribution in [1.82, 2.24) is 5.32 Å². The summed E-state index contributed by atoms with van der Waals surface area (Å²) < 4.78 is 16.3. The van der Waals surface area contributed by atoms with Crippen LogP contribution in [-0.2, 0) is 17.8 Å². The van der Waals surface area contributed by atoms with E-state index < -0.39 is 0 Å². The second kappa shape index (κ2) is 8.92. The van der Waals surface area contributed by atoms with E-state index in [4.69, 9.17) is 25.5 Å². The van der Waals surface area contributed by atoms with Gasteiger partial charge in [0.25, 0.3) is 5.91 Å². The summed E-state index contributed by atoms with van der Waals surface area (Å²) in [5.41, 5.74) is 1.46. The zero-order valence-corrected chi connectivity index (χ0v) is 16.7. The number of anilines is 1. The second-order valence-corrected chi connectivity index (χ2v) is 7.04. The van der Waals surface area contributed by atoms with Gasteiger partial charge in [-0.1, -0.05) is 23.7 Å². The first-order valence-corrected chi connectivity index (χ1v) is 9.75. The third-order valence-electron chi connectivity index (χ3n) is 4.47. The average molecular weight is 427 g/mol. The molecule has 1 aliphatic rings. The number of carbonyl (C=O) groups excluding carboxylic acids is 2. The Bertz CT molecular complexity index is 1070. The first kappa shape index (κ1) is 19.8. The molecule has 30 heavy (non-hydrogen) atoms. The molecule has 0 unspecified atom stereocenters. The molecule has 0 spiro atoms. The molecular formula is C22H19ClN2O5. The number of carbonyl (C=O) groups is 2. The number of ether oxygens (including phenoxy) is 2. The van der Waals surface area contributed by atoms with E-state index in [0.717, 1.165) is 0 Å². The Hall–Kier alpha value is -3.45. The highest BCUT2D eigenvalue weighted by Gasteiger charge is 2.19. The topological polar surface area (TPSA) is 89.8 Å². The average Bonchev–Trinajstić information content (AvgIpc) is 3.26. The molecular weight excluding hydrogens is 408 g/mol. The smallest absolute Gasteiger partial charge is 0.253 e. The number of amides is 2. The normalized spacial score (nSPS) is 12.3. The predicted octanol–water partition coefficient (Wildman–Crippen LogP) is 3.82. The second-order valence-electron chi connectivity index (χ2n) is 6.63. The van der Waals surface area contributed by atoms with Crippen LogP contribution in [0.25, 0.3) is 0 Å². The Morgan fingerprint density at radius 3 is 2.70 bits per heavy atom. The molecule has 154 valence electrons. The van der Waals surface area contributed by atoms with Crippen molar-refractivity contribution in [2.24, 2.45) is 0 Å². The van der Waals surface area contributed by atoms with E-state index >= 15 is 0 Å². The van der Waals surface area contributed by atoms with E-state index in [1.165, 1.54) is 0 Å². The lowest BCUT2D eigenvalue weighted by atomic mass is 10.1. The van der Waals surface area contributed by atoms with Crippen molar-refractivity contribution in [2.45, 2.75) is 13.0 Å². The van der Waals surface area contributed by atoms with Crippen LogP contribution >= 0.6 is 11.6 Å². The number of benzene rings is 2. The quantitative estimate of drug-likeness (QED) is 0.625. The van der Waals surface area contributed by atoms with E-state index in [1.807, 2.05) is 0 Å². The highest BCUT2D eigenvalue weighted by molar-refractivity contribution is 6.32. The third kappa shape index (κ3) is 4.58. The Morgan fingerprint density at radius 2 is 1.87 bits per heavy atom. The molecule has 2 aromatic carbocycles. The molecule has 0 saturated heterocycles. The predicted molar refractivity (Wildman–Crippen MR) is 111 cm³/mol. The summed E-state index contributed by atoms with van der Waals surface area (Å²) in [6.07, 6.45) is 1.61. The molecule has 0 bridgehead atoms. The van der Waals surface area contributed by atoms with Gasteiger partial charge in [0.1, 0.15) is 19.0 Å². The van der Waals surface area contributed by atoms with Crippen molar-refractivity contribution >= 4 is 29.1 Å². The van der Waals surface area contributed by atoms with Gasteiger partial charge < -0.3 is 24.5 Å². The van der Waals surface area contributed by atoms with Crippen LogP contribution in [0.5, 0.6) is 11.5 Å². The molecule has 8 heteroatoms. The Kier molecular flexibility index (Phi) is 5.90. The van der Waals surface area contributed by atoms with Crippen molar-refractivity contribution in [3.05, 3.63) is 76.7 Å². The summed E-state index contributed by atoms with van der Waals surface area (Å²) in [6, 6.07) is 13.7. The van der Waals surface area contributed by atoms with Gasteiger partial charge in [-0.15, -0.1) is 0 Å². The van der Waals surface area contributed by atoms with Gasteiger partial charge in [0.05, 0.1) is 35.5 Å². The number of hydrogen-bond acceptors (Lipinski definition) is 5. The van der Waals surface area contributed by atoms with E-state index in [0.29, 0.717) is 52.3 Å². The maximum Gasteiger partial charge on any atom is 0.253 e. The van der Waals surface area contributed by atoms with Crippen molar-refractivity contribution in [3.63, 3.8) is 0 Å². The van der Waals surface area contributed by atoms with Crippen LogP contribution < -0.4 is 20.1 Å². The molecule has 2 N–H and O–H groups in total. The molecule has 0 atom stereocenters. The minimum atomic E-state index is -0.315. The van der Waals surface area contributed by atoms with Gasteiger partial charge >= 0.3 is 0 Å². The van der Waals surface area contributed by atoms with Crippen LogP contribution in [0.1, 0.15) is 21.7 Å². The van der Waals surface area contributed by atoms with Gasteiger partial charge in [-0.05, 0) is 42.0 Å². The van der Waals surface area contributed by atoms with Crippen LogP contribution in [0.2, 0.25) is 5.02 Å².